The molecule has 1 aliphatic rings. The Hall–Kier alpha value is -3.00. The Bertz CT molecular complexity index is 779. The van der Waals surface area contributed by atoms with Gasteiger partial charge in [-0.3, -0.25) is 14.5 Å². The van der Waals surface area contributed by atoms with Crippen LogP contribution in [0.3, 0.4) is 0 Å². The van der Waals surface area contributed by atoms with E-state index in [1.54, 1.807) is 24.5 Å². The summed E-state index contributed by atoms with van der Waals surface area (Å²) in [6.45, 7) is 5.95. The van der Waals surface area contributed by atoms with Gasteiger partial charge in [0.1, 0.15) is 0 Å². The number of nitrogens with one attached hydrogen (secondary N) is 2. The van der Waals surface area contributed by atoms with Gasteiger partial charge in [-0.1, -0.05) is 18.2 Å². The van der Waals surface area contributed by atoms with Gasteiger partial charge in [0, 0.05) is 63.6 Å². The molecule has 2 amide bonds. The van der Waals surface area contributed by atoms with E-state index in [9.17, 15) is 9.59 Å². The predicted molar refractivity (Wildman–Crippen MR) is 116 cm³/mol. The molecule has 1 saturated heterocycles. The van der Waals surface area contributed by atoms with E-state index in [1.807, 2.05) is 24.3 Å². The molecule has 2 N–H and O–H groups in total. The molecule has 0 aliphatic carbocycles. The molecule has 1 aromatic carbocycles. The fraction of sp³-hybridized carbons (Fsp3) is 0.455. The molecule has 3 rings (SSSR count). The van der Waals surface area contributed by atoms with Gasteiger partial charge in [0.2, 0.25) is 11.9 Å². The van der Waals surface area contributed by atoms with E-state index in [2.05, 4.69) is 30.4 Å². The third-order valence-electron chi connectivity index (χ3n) is 5.08. The van der Waals surface area contributed by atoms with Crippen LogP contribution < -0.4 is 15.5 Å². The minimum atomic E-state index is -0.102. The summed E-state index contributed by atoms with van der Waals surface area (Å²) in [6, 6.07) is 10.9. The Balaban J connectivity index is 1.20. The van der Waals surface area contributed by atoms with Crippen LogP contribution in [0.15, 0.2) is 48.8 Å². The lowest BCUT2D eigenvalue weighted by Crippen LogP contribution is -2.47. The maximum absolute atomic E-state index is 12.0. The van der Waals surface area contributed by atoms with E-state index < -0.39 is 0 Å². The largest absolute Gasteiger partial charge is 0.356 e. The maximum Gasteiger partial charge on any atom is 0.251 e. The summed E-state index contributed by atoms with van der Waals surface area (Å²) in [5.41, 5.74) is 0.638. The molecule has 8 heteroatoms. The second-order valence-electron chi connectivity index (χ2n) is 7.31. The van der Waals surface area contributed by atoms with Crippen molar-refractivity contribution < 1.29 is 9.59 Å². The smallest absolute Gasteiger partial charge is 0.251 e. The zero-order valence-electron chi connectivity index (χ0n) is 17.3. The van der Waals surface area contributed by atoms with E-state index in [0.29, 0.717) is 31.5 Å². The normalized spacial score (nSPS) is 14.3. The molecule has 1 aliphatic heterocycles. The van der Waals surface area contributed by atoms with E-state index >= 15 is 0 Å². The number of benzene rings is 1. The van der Waals surface area contributed by atoms with E-state index in [1.165, 1.54) is 0 Å². The van der Waals surface area contributed by atoms with Crippen molar-refractivity contribution in [3.8, 4) is 0 Å². The second kappa shape index (κ2) is 11.9. The predicted octanol–water partition coefficient (Wildman–Crippen LogP) is 1.32. The SMILES string of the molecule is O=C(CCCNC(=O)c1ccccc1)NCCCN1CCN(c2ncccn2)CC1. The zero-order chi connectivity index (χ0) is 21.0. The highest BCUT2D eigenvalue weighted by Gasteiger charge is 2.18. The van der Waals surface area contributed by atoms with Gasteiger partial charge >= 0.3 is 0 Å². The van der Waals surface area contributed by atoms with Gasteiger partial charge in [-0.05, 0) is 37.6 Å². The van der Waals surface area contributed by atoms with Gasteiger partial charge in [-0.2, -0.15) is 0 Å². The van der Waals surface area contributed by atoms with E-state index in [-0.39, 0.29) is 11.8 Å². The molecular weight excluding hydrogens is 380 g/mol. The lowest BCUT2D eigenvalue weighted by molar-refractivity contribution is -0.121. The van der Waals surface area contributed by atoms with E-state index in [0.717, 1.165) is 45.1 Å². The van der Waals surface area contributed by atoms with Crippen LogP contribution in [-0.4, -0.2) is 72.5 Å². The Morgan fingerprint density at radius 1 is 0.867 bits per heavy atom. The molecule has 160 valence electrons. The van der Waals surface area contributed by atoms with Crippen LogP contribution in [0.1, 0.15) is 29.6 Å². The van der Waals surface area contributed by atoms with Crippen molar-refractivity contribution in [1.29, 1.82) is 0 Å². The second-order valence-corrected chi connectivity index (χ2v) is 7.31. The first-order chi connectivity index (χ1) is 14.7. The molecule has 0 atom stereocenters. The van der Waals surface area contributed by atoms with Crippen LogP contribution in [0.25, 0.3) is 0 Å². The molecule has 2 heterocycles. The number of hydrogen-bond donors (Lipinski definition) is 2. The number of nitrogens with zero attached hydrogens (tertiary/aromatic N) is 4. The fourth-order valence-electron chi connectivity index (χ4n) is 3.39. The number of aromatic nitrogens is 2. The maximum atomic E-state index is 12.0. The molecule has 30 heavy (non-hydrogen) atoms. The van der Waals surface area contributed by atoms with Gasteiger partial charge in [0.15, 0.2) is 0 Å². The summed E-state index contributed by atoms with van der Waals surface area (Å²) in [6.07, 6.45) is 5.53. The average molecular weight is 411 g/mol. The lowest BCUT2D eigenvalue weighted by Gasteiger charge is -2.34. The molecule has 0 unspecified atom stereocenters. The van der Waals surface area contributed by atoms with Crippen molar-refractivity contribution in [3.05, 3.63) is 54.4 Å². The standard InChI is InChI=1S/C22H30N6O2/c29-20(9-4-10-24-21(30)19-7-2-1-3-8-19)23-13-6-14-27-15-17-28(18-16-27)22-25-11-5-12-26-22/h1-3,5,7-8,11-12H,4,6,9-10,13-18H2,(H,23,29)(H,24,30). The Morgan fingerprint density at radius 2 is 1.57 bits per heavy atom. The van der Waals surface area contributed by atoms with Gasteiger partial charge in [0.25, 0.3) is 5.91 Å². The van der Waals surface area contributed by atoms with Crippen molar-refractivity contribution in [2.24, 2.45) is 0 Å². The highest BCUT2D eigenvalue weighted by atomic mass is 16.2. The Kier molecular flexibility index (Phi) is 8.59. The van der Waals surface area contributed by atoms with Crippen LogP contribution in [0.2, 0.25) is 0 Å². The number of carbonyl (C=O) groups is 2. The monoisotopic (exact) mass is 410 g/mol. The van der Waals surface area contributed by atoms with Crippen molar-refractivity contribution in [1.82, 2.24) is 25.5 Å². The number of amides is 2. The molecule has 2 aromatic rings. The third kappa shape index (κ3) is 7.11. The number of piperazine rings is 1. The minimum absolute atomic E-state index is 0.0370. The molecular formula is C22H30N6O2. The number of rotatable bonds is 10. The Labute approximate surface area is 177 Å². The first-order valence-corrected chi connectivity index (χ1v) is 10.6. The number of anilines is 1. The fourth-order valence-corrected chi connectivity index (χ4v) is 3.39. The van der Waals surface area contributed by atoms with Gasteiger partial charge in [0.05, 0.1) is 0 Å². The molecule has 0 spiro atoms. The van der Waals surface area contributed by atoms with Gasteiger partial charge < -0.3 is 15.5 Å². The van der Waals surface area contributed by atoms with Crippen molar-refractivity contribution in [2.45, 2.75) is 19.3 Å². The summed E-state index contributed by atoms with van der Waals surface area (Å²) in [5, 5.41) is 5.81. The quantitative estimate of drug-likeness (QED) is 0.574. The topological polar surface area (TPSA) is 90.5 Å². The highest BCUT2D eigenvalue weighted by molar-refractivity contribution is 5.94. The molecule has 0 bridgehead atoms. The summed E-state index contributed by atoms with van der Waals surface area (Å²) >= 11 is 0. The van der Waals surface area contributed by atoms with Crippen LogP contribution in [0.4, 0.5) is 5.95 Å². The number of hydrogen-bond acceptors (Lipinski definition) is 6. The van der Waals surface area contributed by atoms with Crippen LogP contribution in [0, 0.1) is 0 Å². The first kappa shape index (κ1) is 21.7. The van der Waals surface area contributed by atoms with Crippen molar-refractivity contribution in [3.63, 3.8) is 0 Å². The number of carbonyl (C=O) groups excluding carboxylic acids is 2. The van der Waals surface area contributed by atoms with Crippen LogP contribution >= 0.6 is 0 Å². The van der Waals surface area contributed by atoms with Crippen molar-refractivity contribution in [2.75, 3.05) is 50.7 Å². The summed E-state index contributed by atoms with van der Waals surface area (Å²) < 4.78 is 0. The van der Waals surface area contributed by atoms with Gasteiger partial charge in [-0.15, -0.1) is 0 Å². The van der Waals surface area contributed by atoms with E-state index in [4.69, 9.17) is 0 Å². The minimum Gasteiger partial charge on any atom is -0.356 e. The zero-order valence-corrected chi connectivity index (χ0v) is 17.3. The average Bonchev–Trinajstić information content (AvgIpc) is 2.81. The third-order valence-corrected chi connectivity index (χ3v) is 5.08. The summed E-state index contributed by atoms with van der Waals surface area (Å²) in [5.74, 6) is 0.731. The van der Waals surface area contributed by atoms with Crippen LogP contribution in [0.5, 0.6) is 0 Å². The molecule has 0 radical (unpaired) electrons. The molecule has 1 fully saturated rings. The summed E-state index contributed by atoms with van der Waals surface area (Å²) in [7, 11) is 0. The first-order valence-electron chi connectivity index (χ1n) is 10.6. The lowest BCUT2D eigenvalue weighted by atomic mass is 10.2. The van der Waals surface area contributed by atoms with Crippen molar-refractivity contribution >= 4 is 17.8 Å². The molecule has 0 saturated carbocycles. The summed E-state index contributed by atoms with van der Waals surface area (Å²) in [4.78, 5) is 37.1. The van der Waals surface area contributed by atoms with Gasteiger partial charge in [-0.25, -0.2) is 9.97 Å². The Morgan fingerprint density at radius 3 is 2.30 bits per heavy atom. The highest BCUT2D eigenvalue weighted by Crippen LogP contribution is 2.09. The molecule has 1 aromatic heterocycles. The molecule has 8 nitrogen and oxygen atoms in total. The van der Waals surface area contributed by atoms with Crippen LogP contribution in [-0.2, 0) is 4.79 Å².